The van der Waals surface area contributed by atoms with E-state index in [4.69, 9.17) is 4.74 Å². The van der Waals surface area contributed by atoms with Crippen LogP contribution >= 0.6 is 0 Å². The van der Waals surface area contributed by atoms with Gasteiger partial charge in [0.05, 0.1) is 24.2 Å². The molecule has 0 saturated heterocycles. The van der Waals surface area contributed by atoms with Gasteiger partial charge >= 0.3 is 0 Å². The Labute approximate surface area is 185 Å². The van der Waals surface area contributed by atoms with Gasteiger partial charge < -0.3 is 19.2 Å². The molecule has 1 aliphatic rings. The number of hydrogen-bond donors (Lipinski definition) is 1. The molecule has 0 unspecified atom stereocenters. The van der Waals surface area contributed by atoms with Crippen LogP contribution in [-0.4, -0.2) is 41.8 Å². The second-order valence-corrected chi connectivity index (χ2v) is 7.87. The molecule has 0 saturated carbocycles. The molecule has 0 aliphatic carbocycles. The minimum absolute atomic E-state index is 0.179. The highest BCUT2D eigenvalue weighted by molar-refractivity contribution is 6.06. The van der Waals surface area contributed by atoms with Gasteiger partial charge in [-0.05, 0) is 57.0 Å². The SMILES string of the molecule is Cc1cn(-c2ccc3c(c2)C(=O)Nc2cccc(n2)-c2nncn2[C@H](C)CCCO3)cn1. The number of carbonyl (C=O) groups excluding carboxylic acids is 1. The van der Waals surface area contributed by atoms with Gasteiger partial charge in [0.2, 0.25) is 0 Å². The number of aromatic nitrogens is 6. The lowest BCUT2D eigenvalue weighted by molar-refractivity contribution is 0.102. The molecule has 4 aromatic rings. The number of pyridine rings is 1. The largest absolute Gasteiger partial charge is 0.493 e. The van der Waals surface area contributed by atoms with Crippen LogP contribution < -0.4 is 10.1 Å². The lowest BCUT2D eigenvalue weighted by atomic mass is 10.1. The minimum atomic E-state index is -0.296. The maximum Gasteiger partial charge on any atom is 0.260 e. The molecule has 162 valence electrons. The van der Waals surface area contributed by atoms with E-state index in [0.717, 1.165) is 24.2 Å². The lowest BCUT2D eigenvalue weighted by Crippen LogP contribution is -2.17. The van der Waals surface area contributed by atoms with Crippen LogP contribution in [0.25, 0.3) is 17.2 Å². The van der Waals surface area contributed by atoms with Gasteiger partial charge in [0.1, 0.15) is 23.6 Å². The second kappa shape index (κ2) is 8.26. The number of nitrogens with zero attached hydrogens (tertiary/aromatic N) is 6. The molecule has 0 spiro atoms. The van der Waals surface area contributed by atoms with Crippen LogP contribution in [0.5, 0.6) is 5.75 Å². The number of aryl methyl sites for hydroxylation is 1. The maximum absolute atomic E-state index is 13.2. The Hall–Kier alpha value is -4.01. The first-order valence-electron chi connectivity index (χ1n) is 10.5. The number of amides is 1. The standard InChI is InChI=1S/C23H23N7O2/c1-15-12-29(13-24-15)17-8-9-20-18(11-17)23(31)27-21-7-3-6-19(26-21)22-28-25-14-30(22)16(2)5-4-10-32-20/h3,6-9,11-14,16H,4-5,10H2,1-2H3,(H,26,27,31)/t16-/m1/s1. The Balaban J connectivity index is 1.55. The third-order valence-electron chi connectivity index (χ3n) is 5.51. The van der Waals surface area contributed by atoms with Crippen LogP contribution in [-0.2, 0) is 0 Å². The molecule has 5 rings (SSSR count). The Morgan fingerprint density at radius 3 is 2.94 bits per heavy atom. The third-order valence-corrected chi connectivity index (χ3v) is 5.51. The molecule has 9 heteroatoms. The van der Waals surface area contributed by atoms with E-state index in [1.54, 1.807) is 24.8 Å². The Morgan fingerprint density at radius 1 is 1.19 bits per heavy atom. The number of anilines is 1. The molecular formula is C23H23N7O2. The summed E-state index contributed by atoms with van der Waals surface area (Å²) in [4.78, 5) is 22.1. The number of fused-ring (bicyclic) bond motifs is 5. The summed E-state index contributed by atoms with van der Waals surface area (Å²) < 4.78 is 9.91. The van der Waals surface area contributed by atoms with Gasteiger partial charge in [0.25, 0.3) is 5.91 Å². The summed E-state index contributed by atoms with van der Waals surface area (Å²) >= 11 is 0. The lowest BCUT2D eigenvalue weighted by Gasteiger charge is -2.18. The topological polar surface area (TPSA) is 99.8 Å². The predicted octanol–water partition coefficient (Wildman–Crippen LogP) is 3.82. The smallest absolute Gasteiger partial charge is 0.260 e. The molecule has 0 fully saturated rings. The third kappa shape index (κ3) is 3.84. The fourth-order valence-electron chi connectivity index (χ4n) is 3.81. The summed E-state index contributed by atoms with van der Waals surface area (Å²) in [5.74, 6) is 1.34. The number of ether oxygens (including phenoxy) is 1. The Morgan fingerprint density at radius 2 is 2.09 bits per heavy atom. The van der Waals surface area contributed by atoms with Crippen LogP contribution in [0.15, 0.2) is 55.2 Å². The fraction of sp³-hybridized carbons (Fsp3) is 0.261. The summed E-state index contributed by atoms with van der Waals surface area (Å²) in [5.41, 5.74) is 2.82. The van der Waals surface area contributed by atoms with Crippen LogP contribution in [0.2, 0.25) is 0 Å². The molecule has 1 amide bonds. The van der Waals surface area contributed by atoms with Crippen LogP contribution in [0, 0.1) is 6.92 Å². The first kappa shape index (κ1) is 19.9. The highest BCUT2D eigenvalue weighted by Crippen LogP contribution is 2.27. The van der Waals surface area contributed by atoms with E-state index in [-0.39, 0.29) is 11.9 Å². The van der Waals surface area contributed by atoms with Crippen molar-refractivity contribution in [3.8, 4) is 23.0 Å². The van der Waals surface area contributed by atoms with Crippen molar-refractivity contribution in [2.45, 2.75) is 32.7 Å². The van der Waals surface area contributed by atoms with E-state index in [0.29, 0.717) is 35.3 Å². The second-order valence-electron chi connectivity index (χ2n) is 7.87. The van der Waals surface area contributed by atoms with Crippen molar-refractivity contribution in [3.63, 3.8) is 0 Å². The maximum atomic E-state index is 13.2. The van der Waals surface area contributed by atoms with Gasteiger partial charge in [-0.25, -0.2) is 9.97 Å². The van der Waals surface area contributed by atoms with Crippen molar-refractivity contribution >= 4 is 11.7 Å². The van der Waals surface area contributed by atoms with Gasteiger partial charge in [-0.15, -0.1) is 10.2 Å². The molecule has 1 atom stereocenters. The van der Waals surface area contributed by atoms with Gasteiger partial charge in [-0.1, -0.05) is 6.07 Å². The molecular weight excluding hydrogens is 406 g/mol. The highest BCUT2D eigenvalue weighted by Gasteiger charge is 2.19. The van der Waals surface area contributed by atoms with E-state index in [1.165, 1.54) is 0 Å². The first-order chi connectivity index (χ1) is 15.6. The average Bonchev–Trinajstić information content (AvgIpc) is 3.45. The van der Waals surface area contributed by atoms with Gasteiger partial charge in [-0.3, -0.25) is 4.79 Å². The molecule has 9 nitrogen and oxygen atoms in total. The van der Waals surface area contributed by atoms with Crippen molar-refractivity contribution < 1.29 is 9.53 Å². The number of nitrogens with one attached hydrogen (secondary N) is 1. The van der Waals surface area contributed by atoms with E-state index in [1.807, 2.05) is 46.5 Å². The van der Waals surface area contributed by atoms with Gasteiger partial charge in [0, 0.05) is 17.9 Å². The summed E-state index contributed by atoms with van der Waals surface area (Å²) in [6.45, 7) is 4.54. The van der Waals surface area contributed by atoms with E-state index >= 15 is 0 Å². The average molecular weight is 429 g/mol. The monoisotopic (exact) mass is 429 g/mol. The number of imidazole rings is 1. The molecule has 1 N–H and O–H groups in total. The first-order valence-corrected chi connectivity index (χ1v) is 10.5. The minimum Gasteiger partial charge on any atom is -0.493 e. The normalized spacial score (nSPS) is 16.3. The van der Waals surface area contributed by atoms with Crippen LogP contribution in [0.4, 0.5) is 5.82 Å². The molecule has 32 heavy (non-hydrogen) atoms. The molecule has 3 aromatic heterocycles. The number of rotatable bonds is 1. The quantitative estimate of drug-likeness (QED) is 0.494. The molecule has 2 bridgehead atoms. The fourth-order valence-corrected chi connectivity index (χ4v) is 3.81. The Bertz CT molecular complexity index is 1280. The number of carbonyl (C=O) groups is 1. The molecule has 4 heterocycles. The summed E-state index contributed by atoms with van der Waals surface area (Å²) in [6.07, 6.45) is 7.04. The summed E-state index contributed by atoms with van der Waals surface area (Å²) in [5, 5.41) is 11.2. The predicted molar refractivity (Wildman–Crippen MR) is 119 cm³/mol. The highest BCUT2D eigenvalue weighted by atomic mass is 16.5. The van der Waals surface area contributed by atoms with E-state index in [2.05, 4.69) is 32.4 Å². The molecule has 0 radical (unpaired) electrons. The molecule has 1 aliphatic heterocycles. The zero-order valence-electron chi connectivity index (χ0n) is 17.9. The van der Waals surface area contributed by atoms with Crippen molar-refractivity contribution in [3.05, 3.63) is 66.5 Å². The van der Waals surface area contributed by atoms with Crippen molar-refractivity contribution in [1.82, 2.24) is 29.3 Å². The zero-order valence-corrected chi connectivity index (χ0v) is 17.9. The number of hydrogen-bond acceptors (Lipinski definition) is 6. The van der Waals surface area contributed by atoms with Crippen molar-refractivity contribution in [2.75, 3.05) is 11.9 Å². The van der Waals surface area contributed by atoms with E-state index < -0.39 is 0 Å². The Kier molecular flexibility index (Phi) is 5.14. The van der Waals surface area contributed by atoms with Crippen molar-refractivity contribution in [2.24, 2.45) is 0 Å². The van der Waals surface area contributed by atoms with Crippen LogP contribution in [0.1, 0.15) is 41.9 Å². The van der Waals surface area contributed by atoms with Gasteiger partial charge in [-0.2, -0.15) is 0 Å². The molecule has 1 aromatic carbocycles. The summed E-state index contributed by atoms with van der Waals surface area (Å²) in [6, 6.07) is 11.2. The number of benzene rings is 1. The summed E-state index contributed by atoms with van der Waals surface area (Å²) in [7, 11) is 0. The zero-order chi connectivity index (χ0) is 22.1. The van der Waals surface area contributed by atoms with Gasteiger partial charge in [0.15, 0.2) is 5.82 Å². The van der Waals surface area contributed by atoms with E-state index in [9.17, 15) is 4.79 Å². The van der Waals surface area contributed by atoms with Crippen LogP contribution in [0.3, 0.4) is 0 Å². The van der Waals surface area contributed by atoms with Crippen molar-refractivity contribution in [1.29, 1.82) is 0 Å².